The van der Waals surface area contributed by atoms with Gasteiger partial charge < -0.3 is 9.80 Å². The number of hydrogen-bond acceptors (Lipinski definition) is 4. The molecular weight excluding hydrogens is 462 g/mol. The van der Waals surface area contributed by atoms with Crippen LogP contribution in [-0.4, -0.2) is 40.4 Å². The van der Waals surface area contributed by atoms with E-state index in [2.05, 4.69) is 10.8 Å². The third-order valence-electron chi connectivity index (χ3n) is 8.06. The van der Waals surface area contributed by atoms with Gasteiger partial charge in [0.25, 0.3) is 0 Å². The third-order valence-corrected chi connectivity index (χ3v) is 9.48. The Balaban J connectivity index is 1.19. The lowest BCUT2D eigenvalue weighted by molar-refractivity contribution is -0.123. The van der Waals surface area contributed by atoms with Gasteiger partial charge in [-0.3, -0.25) is 9.59 Å². The van der Waals surface area contributed by atoms with Gasteiger partial charge in [0.1, 0.15) is 0 Å². The maximum Gasteiger partial charge on any atom is 0.240 e. The highest BCUT2D eigenvalue weighted by Crippen LogP contribution is 2.41. The fourth-order valence-corrected chi connectivity index (χ4v) is 6.97. The van der Waals surface area contributed by atoms with Crippen LogP contribution in [0.3, 0.4) is 0 Å². The molecule has 0 bridgehead atoms. The maximum atomic E-state index is 13.2. The number of para-hydroxylation sites is 1. The fraction of sp³-hybridized carbons (Fsp3) is 0.481. The summed E-state index contributed by atoms with van der Waals surface area (Å²) in [6, 6.07) is 13.0. The average Bonchev–Trinajstić information content (AvgIpc) is 3.36. The zero-order chi connectivity index (χ0) is 25.0. The van der Waals surface area contributed by atoms with Crippen molar-refractivity contribution in [2.24, 2.45) is 11.8 Å². The summed E-state index contributed by atoms with van der Waals surface area (Å²) in [6.07, 6.45) is 4.12. The lowest BCUT2D eigenvalue weighted by Crippen LogP contribution is -2.38. The molecule has 2 aromatic rings. The predicted octanol–water partition coefficient (Wildman–Crippen LogP) is 3.61. The molecule has 186 valence electrons. The van der Waals surface area contributed by atoms with Gasteiger partial charge in [0, 0.05) is 37.4 Å². The van der Waals surface area contributed by atoms with Crippen molar-refractivity contribution < 1.29 is 18.0 Å². The largest absolute Gasteiger partial charge is 0.314 e. The van der Waals surface area contributed by atoms with Gasteiger partial charge in [-0.05, 0) is 87.3 Å². The van der Waals surface area contributed by atoms with Crippen LogP contribution in [0.25, 0.3) is 0 Å². The number of rotatable bonds is 5. The van der Waals surface area contributed by atoms with E-state index < -0.39 is 15.4 Å². The second kappa shape index (κ2) is 8.75. The number of amides is 2. The van der Waals surface area contributed by atoms with Crippen molar-refractivity contribution in [3.8, 4) is 0 Å². The standard InChI is InChI=1S/C27H33N3O4S/c1-27(2)22-16-21(12-13-24(22)29(3)26(27)32)35(33,34)28-17-18-8-10-20(11-9-18)25(31)30-15-14-19-6-4-5-7-23(19)30/h4-7,12-13,16,18,20,28H,8-11,14-15,17H2,1-3H3. The van der Waals surface area contributed by atoms with Crippen LogP contribution in [0.15, 0.2) is 47.4 Å². The van der Waals surface area contributed by atoms with Gasteiger partial charge in [-0.25, -0.2) is 13.1 Å². The number of nitrogens with zero attached hydrogens (tertiary/aromatic N) is 2. The Morgan fingerprint density at radius 1 is 1.06 bits per heavy atom. The van der Waals surface area contributed by atoms with E-state index in [1.165, 1.54) is 5.56 Å². The number of hydrogen-bond donors (Lipinski definition) is 1. The molecule has 0 aromatic heterocycles. The second-order valence-corrected chi connectivity index (χ2v) is 12.4. The summed E-state index contributed by atoms with van der Waals surface area (Å²) in [4.78, 5) is 29.4. The highest BCUT2D eigenvalue weighted by atomic mass is 32.2. The molecule has 0 atom stereocenters. The molecule has 5 rings (SSSR count). The summed E-state index contributed by atoms with van der Waals surface area (Å²) >= 11 is 0. The van der Waals surface area contributed by atoms with Crippen molar-refractivity contribution in [3.63, 3.8) is 0 Å². The van der Waals surface area contributed by atoms with Crippen molar-refractivity contribution in [2.75, 3.05) is 29.9 Å². The third kappa shape index (κ3) is 4.16. The number of nitrogens with one attached hydrogen (secondary N) is 1. The first kappa shape index (κ1) is 24.0. The quantitative estimate of drug-likeness (QED) is 0.687. The number of carbonyl (C=O) groups excluding carboxylic acids is 2. The van der Waals surface area contributed by atoms with Gasteiger partial charge in [-0.1, -0.05) is 18.2 Å². The molecule has 0 spiro atoms. The van der Waals surface area contributed by atoms with E-state index in [9.17, 15) is 18.0 Å². The van der Waals surface area contributed by atoms with Gasteiger partial charge >= 0.3 is 0 Å². The van der Waals surface area contributed by atoms with Crippen LogP contribution in [0, 0.1) is 11.8 Å². The molecule has 1 saturated carbocycles. The Kier molecular flexibility index (Phi) is 6.00. The van der Waals surface area contributed by atoms with Crippen molar-refractivity contribution >= 4 is 33.2 Å². The number of sulfonamides is 1. The smallest absolute Gasteiger partial charge is 0.240 e. The van der Waals surface area contributed by atoms with Crippen molar-refractivity contribution in [3.05, 3.63) is 53.6 Å². The van der Waals surface area contributed by atoms with Crippen LogP contribution in [0.2, 0.25) is 0 Å². The maximum absolute atomic E-state index is 13.2. The summed E-state index contributed by atoms with van der Waals surface area (Å²) in [5.41, 5.74) is 3.00. The zero-order valence-corrected chi connectivity index (χ0v) is 21.4. The first-order valence-electron chi connectivity index (χ1n) is 12.4. The summed E-state index contributed by atoms with van der Waals surface area (Å²) in [6.45, 7) is 4.75. The molecule has 1 N–H and O–H groups in total. The highest BCUT2D eigenvalue weighted by molar-refractivity contribution is 7.89. The zero-order valence-electron chi connectivity index (χ0n) is 20.6. The Morgan fingerprint density at radius 2 is 1.77 bits per heavy atom. The SMILES string of the molecule is CN1C(=O)C(C)(C)c2cc(S(=O)(=O)NCC3CCC(C(=O)N4CCc5ccccc54)CC3)ccc21. The van der Waals surface area contributed by atoms with Crippen molar-refractivity contribution in [1.29, 1.82) is 0 Å². The lowest BCUT2D eigenvalue weighted by Gasteiger charge is -2.30. The summed E-state index contributed by atoms with van der Waals surface area (Å²) in [5.74, 6) is 0.369. The number of carbonyl (C=O) groups is 2. The van der Waals surface area contributed by atoms with Crippen molar-refractivity contribution in [1.82, 2.24) is 4.72 Å². The molecule has 3 aliphatic rings. The minimum Gasteiger partial charge on any atom is -0.314 e. The molecule has 2 heterocycles. The summed E-state index contributed by atoms with van der Waals surface area (Å²) in [5, 5.41) is 0. The molecular formula is C27H33N3O4S. The minimum atomic E-state index is -3.70. The van der Waals surface area contributed by atoms with Crippen LogP contribution in [0.1, 0.15) is 50.7 Å². The summed E-state index contributed by atoms with van der Waals surface area (Å²) < 4.78 is 28.9. The Hall–Kier alpha value is -2.71. The molecule has 2 aliphatic heterocycles. The van der Waals surface area contributed by atoms with E-state index in [-0.39, 0.29) is 28.5 Å². The number of anilines is 2. The second-order valence-electron chi connectivity index (χ2n) is 10.6. The number of benzene rings is 2. The first-order valence-corrected chi connectivity index (χ1v) is 13.9. The predicted molar refractivity (Wildman–Crippen MR) is 136 cm³/mol. The Bertz CT molecular complexity index is 1280. The molecule has 2 amide bonds. The van der Waals surface area contributed by atoms with E-state index in [1.54, 1.807) is 30.1 Å². The van der Waals surface area contributed by atoms with E-state index in [0.29, 0.717) is 6.54 Å². The summed E-state index contributed by atoms with van der Waals surface area (Å²) in [7, 11) is -1.98. The fourth-order valence-electron chi connectivity index (χ4n) is 5.83. The van der Waals surface area contributed by atoms with Crippen LogP contribution >= 0.6 is 0 Å². The lowest BCUT2D eigenvalue weighted by atomic mass is 9.81. The van der Waals surface area contributed by atoms with E-state index >= 15 is 0 Å². The molecule has 8 heteroatoms. The molecule has 35 heavy (non-hydrogen) atoms. The van der Waals surface area contributed by atoms with Crippen LogP contribution in [0.4, 0.5) is 11.4 Å². The molecule has 1 aliphatic carbocycles. The van der Waals surface area contributed by atoms with Gasteiger partial charge in [-0.2, -0.15) is 0 Å². The molecule has 1 fully saturated rings. The Morgan fingerprint density at radius 3 is 2.51 bits per heavy atom. The topological polar surface area (TPSA) is 86.8 Å². The van der Waals surface area contributed by atoms with E-state index in [1.807, 2.05) is 36.9 Å². The minimum absolute atomic E-state index is 0.00230. The van der Waals surface area contributed by atoms with Gasteiger partial charge in [-0.15, -0.1) is 0 Å². The van der Waals surface area contributed by atoms with E-state index in [0.717, 1.165) is 55.6 Å². The van der Waals surface area contributed by atoms with Gasteiger partial charge in [0.05, 0.1) is 10.3 Å². The van der Waals surface area contributed by atoms with E-state index in [4.69, 9.17) is 0 Å². The highest BCUT2D eigenvalue weighted by Gasteiger charge is 2.43. The monoisotopic (exact) mass is 495 g/mol. The molecule has 2 aromatic carbocycles. The normalized spacial score (nSPS) is 23.3. The Labute approximate surface area is 207 Å². The van der Waals surface area contributed by atoms with Crippen molar-refractivity contribution in [2.45, 2.75) is 56.3 Å². The molecule has 7 nitrogen and oxygen atoms in total. The molecule has 0 saturated heterocycles. The number of likely N-dealkylation sites (N-methyl/N-ethyl adjacent to an activating group) is 1. The number of fused-ring (bicyclic) bond motifs is 2. The van der Waals surface area contributed by atoms with Gasteiger partial charge in [0.2, 0.25) is 21.8 Å². The van der Waals surface area contributed by atoms with Crippen LogP contribution in [-0.2, 0) is 31.4 Å². The van der Waals surface area contributed by atoms with Gasteiger partial charge in [0.15, 0.2) is 0 Å². The first-order chi connectivity index (χ1) is 16.6. The molecule has 0 unspecified atom stereocenters. The molecule has 0 radical (unpaired) electrons. The van der Waals surface area contributed by atoms with Crippen LogP contribution in [0.5, 0.6) is 0 Å². The van der Waals surface area contributed by atoms with Crippen LogP contribution < -0.4 is 14.5 Å². The average molecular weight is 496 g/mol.